The molecular weight excluding hydrogens is 304 g/mol. The molecule has 120 valence electrons. The zero-order chi connectivity index (χ0) is 16.2. The molecule has 1 aromatic carbocycles. The van der Waals surface area contributed by atoms with E-state index in [1.807, 2.05) is 24.3 Å². The Morgan fingerprint density at radius 1 is 1.32 bits per heavy atom. The second kappa shape index (κ2) is 6.93. The maximum atomic E-state index is 12.2. The summed E-state index contributed by atoms with van der Waals surface area (Å²) < 4.78 is 37.3. The van der Waals surface area contributed by atoms with Gasteiger partial charge in [0.2, 0.25) is 10.0 Å². The van der Waals surface area contributed by atoms with Gasteiger partial charge in [-0.2, -0.15) is 0 Å². The van der Waals surface area contributed by atoms with Crippen molar-refractivity contribution in [1.82, 2.24) is 9.88 Å². The van der Waals surface area contributed by atoms with Gasteiger partial charge in [-0.1, -0.05) is 24.2 Å². The lowest BCUT2D eigenvalue weighted by Crippen LogP contribution is -2.29. The molecule has 22 heavy (non-hydrogen) atoms. The maximum Gasteiger partial charge on any atom is 0.246 e. The molecule has 0 bridgehead atoms. The lowest BCUT2D eigenvalue weighted by Gasteiger charge is -2.09. The Morgan fingerprint density at radius 2 is 2.09 bits per heavy atom. The van der Waals surface area contributed by atoms with E-state index in [1.165, 1.54) is 5.56 Å². The number of nitrogens with zero attached hydrogens (tertiary/aromatic N) is 1. The molecule has 0 amide bonds. The van der Waals surface area contributed by atoms with Crippen LogP contribution in [0.15, 0.2) is 33.7 Å². The number of rotatable bonds is 7. The van der Waals surface area contributed by atoms with Crippen molar-refractivity contribution in [2.75, 3.05) is 13.2 Å². The predicted molar refractivity (Wildman–Crippen MR) is 82.5 cm³/mol. The van der Waals surface area contributed by atoms with Crippen molar-refractivity contribution in [3.63, 3.8) is 0 Å². The van der Waals surface area contributed by atoms with Gasteiger partial charge in [0.1, 0.15) is 22.9 Å². The molecule has 0 fully saturated rings. The van der Waals surface area contributed by atoms with E-state index in [4.69, 9.17) is 9.26 Å². The first kappa shape index (κ1) is 16.5. The third-order valence-electron chi connectivity index (χ3n) is 3.21. The molecule has 2 rings (SSSR count). The summed E-state index contributed by atoms with van der Waals surface area (Å²) in [6.45, 7) is 5.65. The second-order valence-corrected chi connectivity index (χ2v) is 6.60. The van der Waals surface area contributed by atoms with Crippen molar-refractivity contribution in [3.05, 3.63) is 41.3 Å². The molecule has 1 heterocycles. The van der Waals surface area contributed by atoms with Crippen molar-refractivity contribution in [1.29, 1.82) is 0 Å². The van der Waals surface area contributed by atoms with Crippen LogP contribution in [0.5, 0.6) is 5.75 Å². The predicted octanol–water partition coefficient (Wildman–Crippen LogP) is 2.21. The first-order chi connectivity index (χ1) is 10.4. The Bertz CT molecular complexity index is 718. The van der Waals surface area contributed by atoms with Gasteiger partial charge in [0.05, 0.1) is 0 Å². The van der Waals surface area contributed by atoms with Crippen molar-refractivity contribution in [3.8, 4) is 5.75 Å². The fourth-order valence-electron chi connectivity index (χ4n) is 2.13. The largest absolute Gasteiger partial charge is 0.492 e. The van der Waals surface area contributed by atoms with Crippen LogP contribution in [0.4, 0.5) is 0 Å². The van der Waals surface area contributed by atoms with Crippen LogP contribution >= 0.6 is 0 Å². The van der Waals surface area contributed by atoms with Crippen LogP contribution in [0.2, 0.25) is 0 Å². The number of hydrogen-bond acceptors (Lipinski definition) is 5. The molecule has 0 atom stereocenters. The normalized spacial score (nSPS) is 11.6. The Labute approximate surface area is 130 Å². The van der Waals surface area contributed by atoms with E-state index in [2.05, 4.69) is 16.8 Å². The average Bonchev–Trinajstić information content (AvgIpc) is 2.83. The van der Waals surface area contributed by atoms with E-state index in [0.29, 0.717) is 5.69 Å². The minimum atomic E-state index is -3.63. The first-order valence-electron chi connectivity index (χ1n) is 7.08. The minimum absolute atomic E-state index is 0.0977. The number of sulfonamides is 1. The fourth-order valence-corrected chi connectivity index (χ4v) is 3.47. The smallest absolute Gasteiger partial charge is 0.246 e. The molecule has 6 nitrogen and oxygen atoms in total. The summed E-state index contributed by atoms with van der Waals surface area (Å²) in [6, 6.07) is 7.74. The highest BCUT2D eigenvalue weighted by atomic mass is 32.2. The summed E-state index contributed by atoms with van der Waals surface area (Å²) in [7, 11) is -3.63. The Hall–Kier alpha value is -1.86. The molecule has 1 aromatic heterocycles. The quantitative estimate of drug-likeness (QED) is 0.790. The van der Waals surface area contributed by atoms with Gasteiger partial charge in [0.15, 0.2) is 5.76 Å². The summed E-state index contributed by atoms with van der Waals surface area (Å²) >= 11 is 0. The minimum Gasteiger partial charge on any atom is -0.492 e. The number of aromatic nitrogens is 1. The van der Waals surface area contributed by atoms with Gasteiger partial charge < -0.3 is 9.26 Å². The van der Waals surface area contributed by atoms with Crippen LogP contribution in [-0.2, 0) is 16.4 Å². The highest BCUT2D eigenvalue weighted by Gasteiger charge is 2.23. The van der Waals surface area contributed by atoms with Gasteiger partial charge in [0, 0.05) is 6.54 Å². The molecule has 0 aliphatic heterocycles. The van der Waals surface area contributed by atoms with E-state index in [1.54, 1.807) is 13.8 Å². The molecule has 0 spiro atoms. The molecule has 0 saturated carbocycles. The lowest BCUT2D eigenvalue weighted by molar-refractivity contribution is 0.322. The third-order valence-corrected chi connectivity index (χ3v) is 4.91. The van der Waals surface area contributed by atoms with Crippen LogP contribution in [0, 0.1) is 13.8 Å². The van der Waals surface area contributed by atoms with E-state index in [-0.39, 0.29) is 23.8 Å². The van der Waals surface area contributed by atoms with E-state index in [9.17, 15) is 8.42 Å². The second-order valence-electron chi connectivity index (χ2n) is 4.90. The zero-order valence-corrected chi connectivity index (χ0v) is 13.7. The molecule has 0 unspecified atom stereocenters. The van der Waals surface area contributed by atoms with E-state index >= 15 is 0 Å². The van der Waals surface area contributed by atoms with Crippen molar-refractivity contribution >= 4 is 10.0 Å². The van der Waals surface area contributed by atoms with Crippen LogP contribution in [0.1, 0.15) is 23.9 Å². The fraction of sp³-hybridized carbons (Fsp3) is 0.400. The molecule has 2 aromatic rings. The molecule has 0 aliphatic rings. The Kier molecular flexibility index (Phi) is 5.20. The third kappa shape index (κ3) is 3.86. The SMILES string of the molecule is CCc1cccc(OCCNS(=O)(=O)c2c(C)noc2C)c1. The van der Waals surface area contributed by atoms with Crippen LogP contribution in [0.3, 0.4) is 0 Å². The van der Waals surface area contributed by atoms with Gasteiger partial charge in [-0.3, -0.25) is 0 Å². The molecule has 1 N–H and O–H groups in total. The monoisotopic (exact) mass is 324 g/mol. The standard InChI is InChI=1S/C15H20N2O4S/c1-4-13-6-5-7-14(10-13)20-9-8-16-22(18,19)15-11(2)17-21-12(15)3/h5-7,10,16H,4,8-9H2,1-3H3. The highest BCUT2D eigenvalue weighted by Crippen LogP contribution is 2.18. The average molecular weight is 324 g/mol. The van der Waals surface area contributed by atoms with E-state index in [0.717, 1.165) is 12.2 Å². The number of hydrogen-bond donors (Lipinski definition) is 1. The molecule has 7 heteroatoms. The molecule has 0 saturated heterocycles. The first-order valence-corrected chi connectivity index (χ1v) is 8.56. The molecular formula is C15H20N2O4S. The van der Waals surface area contributed by atoms with Gasteiger partial charge in [0.25, 0.3) is 0 Å². The van der Waals surface area contributed by atoms with Gasteiger partial charge >= 0.3 is 0 Å². The van der Waals surface area contributed by atoms with Crippen molar-refractivity contribution < 1.29 is 17.7 Å². The number of aryl methyl sites for hydroxylation is 3. The topological polar surface area (TPSA) is 81.4 Å². The summed E-state index contributed by atoms with van der Waals surface area (Å²) in [5, 5.41) is 3.65. The summed E-state index contributed by atoms with van der Waals surface area (Å²) in [4.78, 5) is 0.0977. The van der Waals surface area contributed by atoms with Gasteiger partial charge in [-0.05, 0) is 38.0 Å². The van der Waals surface area contributed by atoms with Gasteiger partial charge in [-0.25, -0.2) is 13.1 Å². The number of benzene rings is 1. The van der Waals surface area contributed by atoms with E-state index < -0.39 is 10.0 Å². The summed E-state index contributed by atoms with van der Waals surface area (Å²) in [6.07, 6.45) is 0.926. The number of ether oxygens (including phenoxy) is 1. The van der Waals surface area contributed by atoms with Crippen molar-refractivity contribution in [2.24, 2.45) is 0 Å². The van der Waals surface area contributed by atoms with Crippen LogP contribution in [0.25, 0.3) is 0 Å². The maximum absolute atomic E-state index is 12.2. The lowest BCUT2D eigenvalue weighted by atomic mass is 10.2. The summed E-state index contributed by atoms with van der Waals surface area (Å²) in [5.74, 6) is 1.01. The van der Waals surface area contributed by atoms with Gasteiger partial charge in [-0.15, -0.1) is 0 Å². The van der Waals surface area contributed by atoms with Crippen molar-refractivity contribution in [2.45, 2.75) is 32.1 Å². The highest BCUT2D eigenvalue weighted by molar-refractivity contribution is 7.89. The Balaban J connectivity index is 1.91. The molecule has 0 aliphatic carbocycles. The van der Waals surface area contributed by atoms with Crippen LogP contribution in [-0.4, -0.2) is 26.7 Å². The Morgan fingerprint density at radius 3 is 2.73 bits per heavy atom. The summed E-state index contributed by atoms with van der Waals surface area (Å²) in [5.41, 5.74) is 1.52. The number of nitrogens with one attached hydrogen (secondary N) is 1. The zero-order valence-electron chi connectivity index (χ0n) is 12.9. The molecule has 0 radical (unpaired) electrons. The van der Waals surface area contributed by atoms with Crippen LogP contribution < -0.4 is 9.46 Å².